The van der Waals surface area contributed by atoms with Crippen LogP contribution in [0.1, 0.15) is 0 Å². The summed E-state index contributed by atoms with van der Waals surface area (Å²) < 4.78 is 16.6. The second-order valence-electron chi connectivity index (χ2n) is 3.65. The number of nitrogen functional groups attached to an aromatic ring is 1. The molecule has 2 aromatic rings. The van der Waals surface area contributed by atoms with E-state index in [9.17, 15) is 0 Å². The molecule has 0 saturated carbocycles. The minimum Gasteiger partial charge on any atom is -0.497 e. The van der Waals surface area contributed by atoms with Gasteiger partial charge in [-0.3, -0.25) is 0 Å². The van der Waals surface area contributed by atoms with Gasteiger partial charge in [-0.05, 0) is 40.2 Å². The van der Waals surface area contributed by atoms with Crippen LogP contribution >= 0.6 is 15.9 Å². The third-order valence-corrected chi connectivity index (χ3v) is 3.03. The molecule has 0 radical (unpaired) electrons. The zero-order chi connectivity index (χ0) is 13.8. The first-order valence-corrected chi connectivity index (χ1v) is 6.25. The molecule has 1 aromatic carbocycles. The number of benzene rings is 1. The SMILES string of the molecule is COc1ccc(Oc2ccc(N)c(OC)n2)c(Br)c1. The molecule has 19 heavy (non-hydrogen) atoms. The maximum Gasteiger partial charge on any atom is 0.240 e. The van der Waals surface area contributed by atoms with E-state index in [0.717, 1.165) is 10.2 Å². The minimum absolute atomic E-state index is 0.335. The number of aromatic nitrogens is 1. The molecule has 2 rings (SSSR count). The van der Waals surface area contributed by atoms with E-state index in [2.05, 4.69) is 20.9 Å². The predicted octanol–water partition coefficient (Wildman–Crippen LogP) is 3.24. The first-order valence-electron chi connectivity index (χ1n) is 5.46. The molecule has 0 bridgehead atoms. The lowest BCUT2D eigenvalue weighted by Crippen LogP contribution is -1.97. The number of hydrogen-bond acceptors (Lipinski definition) is 5. The number of anilines is 1. The average molecular weight is 325 g/mol. The topological polar surface area (TPSA) is 66.6 Å². The molecule has 2 N–H and O–H groups in total. The van der Waals surface area contributed by atoms with E-state index in [1.54, 1.807) is 31.4 Å². The molecule has 0 amide bonds. The van der Waals surface area contributed by atoms with Gasteiger partial charge in [-0.2, -0.15) is 4.98 Å². The van der Waals surface area contributed by atoms with Gasteiger partial charge < -0.3 is 19.9 Å². The summed E-state index contributed by atoms with van der Waals surface area (Å²) in [5.41, 5.74) is 6.15. The fourth-order valence-electron chi connectivity index (χ4n) is 1.46. The quantitative estimate of drug-likeness (QED) is 0.935. The first-order chi connectivity index (χ1) is 9.13. The Bertz CT molecular complexity index is 590. The number of halogens is 1. The summed E-state index contributed by atoms with van der Waals surface area (Å²) in [5, 5.41) is 0. The summed E-state index contributed by atoms with van der Waals surface area (Å²) in [7, 11) is 3.11. The smallest absolute Gasteiger partial charge is 0.240 e. The van der Waals surface area contributed by atoms with Crippen LogP contribution < -0.4 is 19.9 Å². The van der Waals surface area contributed by atoms with Gasteiger partial charge in [0.15, 0.2) is 0 Å². The standard InChI is InChI=1S/C13H13BrN2O3/c1-17-8-3-5-11(9(14)7-8)19-12-6-4-10(15)13(16-12)18-2/h3-7H,15H2,1-2H3. The van der Waals surface area contributed by atoms with E-state index >= 15 is 0 Å². The molecule has 0 aliphatic carbocycles. The summed E-state index contributed by atoms with van der Waals surface area (Å²) in [5.74, 6) is 2.10. The third-order valence-electron chi connectivity index (χ3n) is 2.41. The first kappa shape index (κ1) is 13.5. The largest absolute Gasteiger partial charge is 0.497 e. The van der Waals surface area contributed by atoms with E-state index in [0.29, 0.717) is 23.2 Å². The lowest BCUT2D eigenvalue weighted by atomic mass is 10.3. The molecule has 6 heteroatoms. The predicted molar refractivity (Wildman–Crippen MR) is 76.0 cm³/mol. The fourth-order valence-corrected chi connectivity index (χ4v) is 1.90. The highest BCUT2D eigenvalue weighted by Crippen LogP contribution is 2.33. The molecule has 1 heterocycles. The van der Waals surface area contributed by atoms with Crippen LogP contribution in [0.4, 0.5) is 5.69 Å². The van der Waals surface area contributed by atoms with Crippen LogP contribution in [0.25, 0.3) is 0 Å². The Morgan fingerprint density at radius 1 is 1.11 bits per heavy atom. The van der Waals surface area contributed by atoms with Crippen molar-refractivity contribution in [2.24, 2.45) is 0 Å². The van der Waals surface area contributed by atoms with Crippen molar-refractivity contribution in [1.82, 2.24) is 4.98 Å². The molecule has 100 valence electrons. The van der Waals surface area contributed by atoms with Crippen molar-refractivity contribution < 1.29 is 14.2 Å². The number of nitrogens with zero attached hydrogens (tertiary/aromatic N) is 1. The zero-order valence-electron chi connectivity index (χ0n) is 10.5. The van der Waals surface area contributed by atoms with Crippen molar-refractivity contribution >= 4 is 21.6 Å². The molecule has 0 atom stereocenters. The lowest BCUT2D eigenvalue weighted by Gasteiger charge is -2.10. The molecule has 0 aliphatic heterocycles. The van der Waals surface area contributed by atoms with Gasteiger partial charge in [0.25, 0.3) is 0 Å². The Morgan fingerprint density at radius 2 is 1.89 bits per heavy atom. The van der Waals surface area contributed by atoms with Crippen LogP contribution in [0, 0.1) is 0 Å². The minimum atomic E-state index is 0.335. The molecule has 5 nitrogen and oxygen atoms in total. The van der Waals surface area contributed by atoms with Crippen LogP contribution in [0.15, 0.2) is 34.8 Å². The maximum atomic E-state index is 5.69. The highest BCUT2D eigenvalue weighted by Gasteiger charge is 2.08. The molecular weight excluding hydrogens is 312 g/mol. The molecular formula is C13H13BrN2O3. The van der Waals surface area contributed by atoms with Crippen molar-refractivity contribution in [2.75, 3.05) is 20.0 Å². The van der Waals surface area contributed by atoms with Gasteiger partial charge >= 0.3 is 0 Å². The maximum absolute atomic E-state index is 5.69. The van der Waals surface area contributed by atoms with E-state index in [1.165, 1.54) is 7.11 Å². The van der Waals surface area contributed by atoms with Gasteiger partial charge in [0.2, 0.25) is 11.8 Å². The molecule has 0 saturated heterocycles. The molecule has 0 aliphatic rings. The second kappa shape index (κ2) is 5.79. The van der Waals surface area contributed by atoms with Gasteiger partial charge in [-0.25, -0.2) is 0 Å². The Morgan fingerprint density at radius 3 is 2.53 bits per heavy atom. The Labute approximate surface area is 119 Å². The number of methoxy groups -OCH3 is 2. The number of nitrogens with two attached hydrogens (primary N) is 1. The summed E-state index contributed by atoms with van der Waals surface area (Å²) >= 11 is 3.41. The highest BCUT2D eigenvalue weighted by molar-refractivity contribution is 9.10. The normalized spacial score (nSPS) is 10.1. The number of ether oxygens (including phenoxy) is 3. The van der Waals surface area contributed by atoms with Crippen molar-refractivity contribution in [1.29, 1.82) is 0 Å². The zero-order valence-corrected chi connectivity index (χ0v) is 12.1. The second-order valence-corrected chi connectivity index (χ2v) is 4.50. The molecule has 0 fully saturated rings. The van der Waals surface area contributed by atoms with Crippen LogP contribution in [0.2, 0.25) is 0 Å². The highest BCUT2D eigenvalue weighted by atomic mass is 79.9. The summed E-state index contributed by atoms with van der Waals surface area (Å²) in [6.07, 6.45) is 0. The van der Waals surface area contributed by atoms with Crippen LogP contribution in [0.5, 0.6) is 23.3 Å². The summed E-state index contributed by atoms with van der Waals surface area (Å²) in [6.45, 7) is 0. The van der Waals surface area contributed by atoms with E-state index in [-0.39, 0.29) is 0 Å². The van der Waals surface area contributed by atoms with Crippen LogP contribution in [-0.2, 0) is 0 Å². The van der Waals surface area contributed by atoms with E-state index in [1.807, 2.05) is 6.07 Å². The number of pyridine rings is 1. The average Bonchev–Trinajstić information content (AvgIpc) is 2.43. The lowest BCUT2D eigenvalue weighted by molar-refractivity contribution is 0.384. The molecule has 1 aromatic heterocycles. The molecule has 0 unspecified atom stereocenters. The van der Waals surface area contributed by atoms with Gasteiger partial charge in [-0.15, -0.1) is 0 Å². The Hall–Kier alpha value is -1.95. The van der Waals surface area contributed by atoms with Gasteiger partial charge in [0.1, 0.15) is 11.5 Å². The number of rotatable bonds is 4. The van der Waals surface area contributed by atoms with E-state index < -0.39 is 0 Å². The molecule has 0 spiro atoms. The van der Waals surface area contributed by atoms with Crippen molar-refractivity contribution in [3.63, 3.8) is 0 Å². The van der Waals surface area contributed by atoms with Crippen LogP contribution in [-0.4, -0.2) is 19.2 Å². The summed E-state index contributed by atoms with van der Waals surface area (Å²) in [4.78, 5) is 4.15. The van der Waals surface area contributed by atoms with Gasteiger partial charge in [0, 0.05) is 6.07 Å². The van der Waals surface area contributed by atoms with Gasteiger partial charge in [-0.1, -0.05) is 0 Å². The Balaban J connectivity index is 2.26. The van der Waals surface area contributed by atoms with Crippen LogP contribution in [0.3, 0.4) is 0 Å². The van der Waals surface area contributed by atoms with E-state index in [4.69, 9.17) is 19.9 Å². The van der Waals surface area contributed by atoms with Crippen molar-refractivity contribution in [2.45, 2.75) is 0 Å². The Kier molecular flexibility index (Phi) is 4.11. The number of hydrogen-bond donors (Lipinski definition) is 1. The summed E-state index contributed by atoms with van der Waals surface area (Å²) in [6, 6.07) is 8.75. The van der Waals surface area contributed by atoms with Crippen molar-refractivity contribution in [3.8, 4) is 23.3 Å². The monoisotopic (exact) mass is 324 g/mol. The fraction of sp³-hybridized carbons (Fsp3) is 0.154. The third kappa shape index (κ3) is 3.08. The van der Waals surface area contributed by atoms with Crippen molar-refractivity contribution in [3.05, 3.63) is 34.8 Å². The van der Waals surface area contributed by atoms with Gasteiger partial charge in [0.05, 0.1) is 24.4 Å².